The fourth-order valence-corrected chi connectivity index (χ4v) is 1.78. The highest BCUT2D eigenvalue weighted by Crippen LogP contribution is 2.26. The molecule has 1 saturated carbocycles. The summed E-state index contributed by atoms with van der Waals surface area (Å²) in [7, 11) is 2.12. The van der Waals surface area contributed by atoms with Crippen LogP contribution in [-0.2, 0) is 4.74 Å². The van der Waals surface area contributed by atoms with Gasteiger partial charge in [-0.15, -0.1) is 0 Å². The highest BCUT2D eigenvalue weighted by Gasteiger charge is 2.29. The maximum absolute atomic E-state index is 11.8. The van der Waals surface area contributed by atoms with Crippen LogP contribution in [0.15, 0.2) is 0 Å². The van der Waals surface area contributed by atoms with Crippen molar-refractivity contribution in [3.8, 4) is 0 Å². The maximum atomic E-state index is 11.8. The Balaban J connectivity index is 1.89. The SMILES string of the molecule is CC(CNCCCOCC(F)(F)F)N(C)C1CC1. The minimum atomic E-state index is -4.21. The molecule has 1 unspecified atom stereocenters. The van der Waals surface area contributed by atoms with Gasteiger partial charge in [-0.3, -0.25) is 4.90 Å². The molecule has 0 saturated heterocycles. The minimum Gasteiger partial charge on any atom is -0.372 e. The van der Waals surface area contributed by atoms with Gasteiger partial charge in [0.25, 0.3) is 0 Å². The zero-order valence-electron chi connectivity index (χ0n) is 11.1. The Kier molecular flexibility index (Phi) is 6.38. The second-order valence-corrected chi connectivity index (χ2v) is 4.97. The van der Waals surface area contributed by atoms with Crippen LogP contribution in [0.1, 0.15) is 26.2 Å². The average molecular weight is 268 g/mol. The van der Waals surface area contributed by atoms with E-state index >= 15 is 0 Å². The van der Waals surface area contributed by atoms with E-state index < -0.39 is 12.8 Å². The molecule has 1 atom stereocenters. The Labute approximate surface area is 107 Å². The lowest BCUT2D eigenvalue weighted by atomic mass is 10.3. The largest absolute Gasteiger partial charge is 0.411 e. The van der Waals surface area contributed by atoms with Crippen molar-refractivity contribution >= 4 is 0 Å². The van der Waals surface area contributed by atoms with Gasteiger partial charge in [0.2, 0.25) is 0 Å². The molecule has 1 N–H and O–H groups in total. The molecule has 6 heteroatoms. The first kappa shape index (κ1) is 15.7. The first-order chi connectivity index (χ1) is 8.40. The lowest BCUT2D eigenvalue weighted by Gasteiger charge is -2.24. The zero-order chi connectivity index (χ0) is 13.6. The van der Waals surface area contributed by atoms with Crippen molar-refractivity contribution in [2.24, 2.45) is 0 Å². The third-order valence-electron chi connectivity index (χ3n) is 3.17. The summed E-state index contributed by atoms with van der Waals surface area (Å²) in [5, 5.41) is 3.24. The fourth-order valence-electron chi connectivity index (χ4n) is 1.78. The predicted molar refractivity (Wildman–Crippen MR) is 64.6 cm³/mol. The monoisotopic (exact) mass is 268 g/mol. The third-order valence-corrected chi connectivity index (χ3v) is 3.17. The molecule has 108 valence electrons. The molecule has 18 heavy (non-hydrogen) atoms. The molecular formula is C12H23F3N2O. The van der Waals surface area contributed by atoms with Crippen LogP contribution in [0, 0.1) is 0 Å². The van der Waals surface area contributed by atoms with Crippen molar-refractivity contribution < 1.29 is 17.9 Å². The number of rotatable bonds is 9. The standard InChI is InChI=1S/C12H23F3N2O/c1-10(17(2)11-4-5-11)8-16-6-3-7-18-9-12(13,14)15/h10-11,16H,3-9H2,1-2H3. The third kappa shape index (κ3) is 7.18. The summed E-state index contributed by atoms with van der Waals surface area (Å²) in [6, 6.07) is 1.20. The van der Waals surface area contributed by atoms with E-state index in [-0.39, 0.29) is 6.61 Å². The van der Waals surface area contributed by atoms with E-state index in [4.69, 9.17) is 0 Å². The number of ether oxygens (including phenoxy) is 1. The maximum Gasteiger partial charge on any atom is 0.411 e. The van der Waals surface area contributed by atoms with Gasteiger partial charge in [-0.2, -0.15) is 13.2 Å². The number of halogens is 3. The Morgan fingerprint density at radius 3 is 2.61 bits per heavy atom. The van der Waals surface area contributed by atoms with Gasteiger partial charge in [-0.25, -0.2) is 0 Å². The van der Waals surface area contributed by atoms with Gasteiger partial charge in [-0.05, 0) is 39.8 Å². The van der Waals surface area contributed by atoms with Crippen LogP contribution in [0.5, 0.6) is 0 Å². The molecule has 0 bridgehead atoms. The highest BCUT2D eigenvalue weighted by molar-refractivity contribution is 4.85. The molecule has 0 heterocycles. The first-order valence-corrected chi connectivity index (χ1v) is 6.47. The number of nitrogens with zero attached hydrogens (tertiary/aromatic N) is 1. The van der Waals surface area contributed by atoms with Crippen molar-refractivity contribution in [3.05, 3.63) is 0 Å². The lowest BCUT2D eigenvalue weighted by molar-refractivity contribution is -0.173. The molecule has 1 aliphatic rings. The minimum absolute atomic E-state index is 0.152. The Morgan fingerprint density at radius 2 is 2.06 bits per heavy atom. The van der Waals surface area contributed by atoms with E-state index in [9.17, 15) is 13.2 Å². The molecule has 0 aromatic carbocycles. The van der Waals surface area contributed by atoms with E-state index in [2.05, 4.69) is 28.9 Å². The Morgan fingerprint density at radius 1 is 1.39 bits per heavy atom. The molecule has 0 aliphatic heterocycles. The Hall–Kier alpha value is -0.330. The second kappa shape index (κ2) is 7.31. The van der Waals surface area contributed by atoms with Gasteiger partial charge in [0.05, 0.1) is 0 Å². The Bertz CT molecular complexity index is 232. The molecular weight excluding hydrogens is 245 g/mol. The van der Waals surface area contributed by atoms with Gasteiger partial charge in [0.15, 0.2) is 0 Å². The van der Waals surface area contributed by atoms with E-state index in [1.807, 2.05) is 0 Å². The van der Waals surface area contributed by atoms with Crippen LogP contribution >= 0.6 is 0 Å². The molecule has 0 aromatic heterocycles. The van der Waals surface area contributed by atoms with Crippen LogP contribution in [-0.4, -0.2) is 56.5 Å². The molecule has 3 nitrogen and oxygen atoms in total. The van der Waals surface area contributed by atoms with Crippen molar-refractivity contribution in [1.29, 1.82) is 0 Å². The summed E-state index contributed by atoms with van der Waals surface area (Å²) in [4.78, 5) is 2.35. The molecule has 1 rings (SSSR count). The summed E-state index contributed by atoms with van der Waals surface area (Å²) < 4.78 is 39.8. The van der Waals surface area contributed by atoms with Crippen molar-refractivity contribution in [2.75, 3.05) is 33.4 Å². The first-order valence-electron chi connectivity index (χ1n) is 6.47. The summed E-state index contributed by atoms with van der Waals surface area (Å²) >= 11 is 0. The van der Waals surface area contributed by atoms with Crippen LogP contribution in [0.2, 0.25) is 0 Å². The molecule has 0 spiro atoms. The number of likely N-dealkylation sites (N-methyl/N-ethyl adjacent to an activating group) is 1. The highest BCUT2D eigenvalue weighted by atomic mass is 19.4. The van der Waals surface area contributed by atoms with Gasteiger partial charge in [0, 0.05) is 25.2 Å². The molecule has 0 aromatic rings. The van der Waals surface area contributed by atoms with Crippen molar-refractivity contribution in [2.45, 2.75) is 44.4 Å². The van der Waals surface area contributed by atoms with E-state index in [1.54, 1.807) is 0 Å². The number of hydrogen-bond donors (Lipinski definition) is 1. The van der Waals surface area contributed by atoms with Crippen LogP contribution < -0.4 is 5.32 Å². The van der Waals surface area contributed by atoms with Crippen LogP contribution in [0.25, 0.3) is 0 Å². The smallest absolute Gasteiger partial charge is 0.372 e. The lowest BCUT2D eigenvalue weighted by Crippen LogP contribution is -2.39. The summed E-state index contributed by atoms with van der Waals surface area (Å²) in [6.07, 6.45) is -1.04. The molecule has 0 radical (unpaired) electrons. The summed E-state index contributed by atoms with van der Waals surface area (Å²) in [6.45, 7) is 2.73. The van der Waals surface area contributed by atoms with Gasteiger partial charge in [0.1, 0.15) is 6.61 Å². The normalized spacial score (nSPS) is 18.3. The quantitative estimate of drug-likeness (QED) is 0.648. The van der Waals surface area contributed by atoms with E-state index in [0.29, 0.717) is 19.0 Å². The van der Waals surface area contributed by atoms with Gasteiger partial charge < -0.3 is 10.1 Å². The van der Waals surface area contributed by atoms with Crippen molar-refractivity contribution in [1.82, 2.24) is 10.2 Å². The number of nitrogens with one attached hydrogen (secondary N) is 1. The van der Waals surface area contributed by atoms with Crippen LogP contribution in [0.3, 0.4) is 0 Å². The zero-order valence-corrected chi connectivity index (χ0v) is 11.1. The van der Waals surface area contributed by atoms with Crippen molar-refractivity contribution in [3.63, 3.8) is 0 Å². The van der Waals surface area contributed by atoms with Crippen LogP contribution in [0.4, 0.5) is 13.2 Å². The van der Waals surface area contributed by atoms with Gasteiger partial charge in [-0.1, -0.05) is 0 Å². The second-order valence-electron chi connectivity index (χ2n) is 4.97. The fraction of sp³-hybridized carbons (Fsp3) is 1.00. The molecule has 1 fully saturated rings. The van der Waals surface area contributed by atoms with Gasteiger partial charge >= 0.3 is 6.18 Å². The summed E-state index contributed by atoms with van der Waals surface area (Å²) in [5.74, 6) is 0. The summed E-state index contributed by atoms with van der Waals surface area (Å²) in [5.41, 5.74) is 0. The molecule has 0 amide bonds. The molecule has 1 aliphatic carbocycles. The number of hydrogen-bond acceptors (Lipinski definition) is 3. The van der Waals surface area contributed by atoms with E-state index in [0.717, 1.165) is 12.6 Å². The topological polar surface area (TPSA) is 24.5 Å². The van der Waals surface area contributed by atoms with E-state index in [1.165, 1.54) is 12.8 Å². The average Bonchev–Trinajstić information content (AvgIpc) is 3.08. The number of alkyl halides is 3. The predicted octanol–water partition coefficient (Wildman–Crippen LogP) is 2.03.